The Morgan fingerprint density at radius 2 is 2.00 bits per heavy atom. The molecule has 2 aromatic rings. The molecule has 1 aromatic carbocycles. The Kier molecular flexibility index (Phi) is 4.74. The summed E-state index contributed by atoms with van der Waals surface area (Å²) >= 11 is 0. The monoisotopic (exact) mass is 329 g/mol. The van der Waals surface area contributed by atoms with Crippen molar-refractivity contribution in [1.29, 1.82) is 0 Å². The zero-order chi connectivity index (χ0) is 17.1. The lowest BCUT2D eigenvalue weighted by Crippen LogP contribution is -2.38. The van der Waals surface area contributed by atoms with E-state index in [0.717, 1.165) is 24.1 Å². The van der Waals surface area contributed by atoms with E-state index in [9.17, 15) is 14.0 Å². The Labute approximate surface area is 139 Å². The second-order valence-electron chi connectivity index (χ2n) is 6.16. The first-order valence-corrected chi connectivity index (χ1v) is 8.16. The summed E-state index contributed by atoms with van der Waals surface area (Å²) in [5, 5.41) is 7.14. The average Bonchev–Trinajstić information content (AvgIpc) is 3.41. The molecule has 0 aliphatic heterocycles. The van der Waals surface area contributed by atoms with Crippen LogP contribution >= 0.6 is 0 Å². The lowest BCUT2D eigenvalue weighted by atomic mass is 10.1. The standard InChI is InChI=1S/C18H20FN3O2/c1-12(22-17(23)9-8-16(21-22)14-4-5-14)18(24)20-11-10-13-2-6-15(19)7-3-13/h2-3,6-9,12,14H,4-5,10-11H2,1H3,(H,20,24)/t12-/m0/s1. The molecule has 1 aromatic heterocycles. The number of benzene rings is 1. The molecule has 24 heavy (non-hydrogen) atoms. The Morgan fingerprint density at radius 3 is 2.67 bits per heavy atom. The van der Waals surface area contributed by atoms with Crippen molar-refractivity contribution in [2.45, 2.75) is 38.1 Å². The largest absolute Gasteiger partial charge is 0.354 e. The Hall–Kier alpha value is -2.50. The summed E-state index contributed by atoms with van der Waals surface area (Å²) < 4.78 is 14.1. The van der Waals surface area contributed by atoms with Gasteiger partial charge in [-0.1, -0.05) is 12.1 Å². The molecule has 0 radical (unpaired) electrons. The van der Waals surface area contributed by atoms with E-state index in [0.29, 0.717) is 18.9 Å². The van der Waals surface area contributed by atoms with E-state index in [-0.39, 0.29) is 17.3 Å². The third kappa shape index (κ3) is 3.88. The highest BCUT2D eigenvalue weighted by Gasteiger charge is 2.26. The summed E-state index contributed by atoms with van der Waals surface area (Å²) in [5.74, 6) is -0.109. The van der Waals surface area contributed by atoms with Crippen molar-refractivity contribution in [3.8, 4) is 0 Å². The van der Waals surface area contributed by atoms with Gasteiger partial charge in [0, 0.05) is 18.5 Å². The van der Waals surface area contributed by atoms with Crippen molar-refractivity contribution in [3.05, 3.63) is 63.8 Å². The maximum absolute atomic E-state index is 12.9. The van der Waals surface area contributed by atoms with Crippen LogP contribution in [0.1, 0.15) is 43.0 Å². The molecule has 6 heteroatoms. The lowest BCUT2D eigenvalue weighted by Gasteiger charge is -2.15. The minimum Gasteiger partial charge on any atom is -0.354 e. The summed E-state index contributed by atoms with van der Waals surface area (Å²) in [4.78, 5) is 24.2. The topological polar surface area (TPSA) is 64.0 Å². The number of nitrogens with zero attached hydrogens (tertiary/aromatic N) is 2. The van der Waals surface area contributed by atoms with Gasteiger partial charge in [-0.2, -0.15) is 5.10 Å². The van der Waals surface area contributed by atoms with Crippen molar-refractivity contribution >= 4 is 5.91 Å². The Morgan fingerprint density at radius 1 is 1.29 bits per heavy atom. The van der Waals surface area contributed by atoms with E-state index in [1.165, 1.54) is 22.9 Å². The third-order valence-electron chi connectivity index (χ3n) is 4.21. The van der Waals surface area contributed by atoms with E-state index in [1.807, 2.05) is 0 Å². The minimum absolute atomic E-state index is 0.250. The van der Waals surface area contributed by atoms with Crippen LogP contribution < -0.4 is 10.9 Å². The van der Waals surface area contributed by atoms with Crippen molar-refractivity contribution in [2.75, 3.05) is 6.54 Å². The zero-order valence-electron chi connectivity index (χ0n) is 13.5. The minimum atomic E-state index is -0.663. The van der Waals surface area contributed by atoms with Gasteiger partial charge in [0.2, 0.25) is 5.91 Å². The van der Waals surface area contributed by atoms with Crippen LogP contribution in [0, 0.1) is 5.82 Å². The molecule has 0 unspecified atom stereocenters. The SMILES string of the molecule is C[C@@H](C(=O)NCCc1ccc(F)cc1)n1nc(C2CC2)ccc1=O. The van der Waals surface area contributed by atoms with Crippen molar-refractivity contribution in [2.24, 2.45) is 0 Å². The van der Waals surface area contributed by atoms with E-state index < -0.39 is 6.04 Å². The summed E-state index contributed by atoms with van der Waals surface area (Å²) in [7, 11) is 0. The Balaban J connectivity index is 1.59. The van der Waals surface area contributed by atoms with Crippen LogP contribution in [0.5, 0.6) is 0 Å². The number of hydrogen-bond donors (Lipinski definition) is 1. The average molecular weight is 329 g/mol. The molecule has 1 N–H and O–H groups in total. The maximum Gasteiger partial charge on any atom is 0.267 e. The second-order valence-corrected chi connectivity index (χ2v) is 6.16. The molecular formula is C18H20FN3O2. The molecule has 1 heterocycles. The zero-order valence-corrected chi connectivity index (χ0v) is 13.5. The number of amides is 1. The molecule has 0 saturated heterocycles. The molecule has 1 atom stereocenters. The highest BCUT2D eigenvalue weighted by molar-refractivity contribution is 5.79. The molecule has 1 fully saturated rings. The highest BCUT2D eigenvalue weighted by atomic mass is 19.1. The van der Waals surface area contributed by atoms with Crippen LogP contribution in [0.15, 0.2) is 41.2 Å². The van der Waals surface area contributed by atoms with Gasteiger partial charge in [-0.15, -0.1) is 0 Å². The second kappa shape index (κ2) is 6.95. The molecule has 1 aliphatic carbocycles. The smallest absolute Gasteiger partial charge is 0.267 e. The number of aromatic nitrogens is 2. The first kappa shape index (κ1) is 16.4. The predicted octanol–water partition coefficient (Wildman–Crippen LogP) is 2.18. The summed E-state index contributed by atoms with van der Waals surface area (Å²) in [5.41, 5.74) is 1.54. The summed E-state index contributed by atoms with van der Waals surface area (Å²) in [6.45, 7) is 2.09. The van der Waals surface area contributed by atoms with Gasteiger partial charge in [-0.3, -0.25) is 9.59 Å². The number of halogens is 1. The van der Waals surface area contributed by atoms with Gasteiger partial charge in [-0.05, 0) is 49.9 Å². The van der Waals surface area contributed by atoms with Crippen molar-refractivity contribution < 1.29 is 9.18 Å². The Bertz CT molecular complexity index is 782. The molecule has 1 amide bonds. The third-order valence-corrected chi connectivity index (χ3v) is 4.21. The fourth-order valence-corrected chi connectivity index (χ4v) is 2.55. The lowest BCUT2D eigenvalue weighted by molar-refractivity contribution is -0.124. The van der Waals surface area contributed by atoms with Crippen LogP contribution in [-0.4, -0.2) is 22.2 Å². The molecule has 0 spiro atoms. The fraction of sp³-hybridized carbons (Fsp3) is 0.389. The van der Waals surface area contributed by atoms with Gasteiger partial charge in [0.25, 0.3) is 5.56 Å². The number of carbonyl (C=O) groups excluding carboxylic acids is 1. The van der Waals surface area contributed by atoms with Gasteiger partial charge in [0.15, 0.2) is 0 Å². The normalized spacial score (nSPS) is 15.1. The van der Waals surface area contributed by atoms with Crippen LogP contribution in [0.25, 0.3) is 0 Å². The van der Waals surface area contributed by atoms with E-state index in [4.69, 9.17) is 0 Å². The first-order valence-electron chi connectivity index (χ1n) is 8.16. The van der Waals surface area contributed by atoms with E-state index in [1.54, 1.807) is 25.1 Å². The van der Waals surface area contributed by atoms with Gasteiger partial charge in [0.1, 0.15) is 11.9 Å². The number of nitrogens with one attached hydrogen (secondary N) is 1. The molecule has 0 bridgehead atoms. The highest BCUT2D eigenvalue weighted by Crippen LogP contribution is 2.38. The molecule has 3 rings (SSSR count). The van der Waals surface area contributed by atoms with Crippen LogP contribution in [0.3, 0.4) is 0 Å². The van der Waals surface area contributed by atoms with Crippen molar-refractivity contribution in [1.82, 2.24) is 15.1 Å². The summed E-state index contributed by atoms with van der Waals surface area (Å²) in [6.07, 6.45) is 2.77. The number of hydrogen-bond acceptors (Lipinski definition) is 3. The molecule has 1 aliphatic rings. The predicted molar refractivity (Wildman–Crippen MR) is 88.3 cm³/mol. The molecule has 126 valence electrons. The van der Waals surface area contributed by atoms with Crippen LogP contribution in [0.4, 0.5) is 4.39 Å². The van der Waals surface area contributed by atoms with E-state index >= 15 is 0 Å². The fourth-order valence-electron chi connectivity index (χ4n) is 2.55. The summed E-state index contributed by atoms with van der Waals surface area (Å²) in [6, 6.07) is 8.73. The quantitative estimate of drug-likeness (QED) is 0.883. The van der Waals surface area contributed by atoms with Gasteiger partial charge in [-0.25, -0.2) is 9.07 Å². The van der Waals surface area contributed by atoms with Crippen LogP contribution in [0.2, 0.25) is 0 Å². The number of rotatable bonds is 6. The number of carbonyl (C=O) groups is 1. The van der Waals surface area contributed by atoms with E-state index in [2.05, 4.69) is 10.4 Å². The van der Waals surface area contributed by atoms with Crippen molar-refractivity contribution in [3.63, 3.8) is 0 Å². The first-order chi connectivity index (χ1) is 11.5. The maximum atomic E-state index is 12.9. The molecule has 1 saturated carbocycles. The van der Waals surface area contributed by atoms with Gasteiger partial charge < -0.3 is 5.32 Å². The molecular weight excluding hydrogens is 309 g/mol. The van der Waals surface area contributed by atoms with Gasteiger partial charge >= 0.3 is 0 Å². The van der Waals surface area contributed by atoms with Gasteiger partial charge in [0.05, 0.1) is 5.69 Å². The van der Waals surface area contributed by atoms with Crippen LogP contribution in [-0.2, 0) is 11.2 Å². The molecule has 5 nitrogen and oxygen atoms in total.